The molecular weight excluding hydrogens is 435 g/mol. The van der Waals surface area contributed by atoms with Crippen LogP contribution in [0.1, 0.15) is 20.8 Å². The van der Waals surface area contributed by atoms with Gasteiger partial charge in [0.25, 0.3) is 0 Å². The molecule has 0 aromatic carbocycles. The molecular formula is C17H28ClN6O5P. The van der Waals surface area contributed by atoms with E-state index in [2.05, 4.69) is 15.0 Å². The van der Waals surface area contributed by atoms with Crippen LogP contribution in [0.3, 0.4) is 0 Å². The molecule has 168 valence electrons. The largest absolute Gasteiger partial charge is 0.465 e. The van der Waals surface area contributed by atoms with Gasteiger partial charge in [-0.2, -0.15) is 9.97 Å². The number of fused-ring (bicyclic) bond motifs is 1. The number of aromatic nitrogens is 4. The van der Waals surface area contributed by atoms with Crippen LogP contribution in [-0.4, -0.2) is 76.0 Å². The van der Waals surface area contributed by atoms with Crippen molar-refractivity contribution in [2.75, 3.05) is 51.4 Å². The molecule has 0 spiro atoms. The highest BCUT2D eigenvalue weighted by atomic mass is 35.5. The standard InChI is InChI=1S/C17H28ClN6O5P/c1-4-27-13(25)11-23(9-10-30(26,28-5-2)29-6-3)7-8-24-12-20-14-15(18)21-17(19)22-16(14)24/h12H,4-11H2,1-3H3,(H2,19,21,22). The van der Waals surface area contributed by atoms with Crippen LogP contribution in [0.4, 0.5) is 5.95 Å². The second kappa shape index (κ2) is 11.6. The fourth-order valence-electron chi connectivity index (χ4n) is 2.82. The van der Waals surface area contributed by atoms with Gasteiger partial charge in [-0.25, -0.2) is 4.98 Å². The topological polar surface area (TPSA) is 135 Å². The van der Waals surface area contributed by atoms with E-state index in [-0.39, 0.29) is 49.6 Å². The summed E-state index contributed by atoms with van der Waals surface area (Å²) in [5, 5.41) is 0.175. The summed E-state index contributed by atoms with van der Waals surface area (Å²) in [6.07, 6.45) is 1.73. The smallest absolute Gasteiger partial charge is 0.331 e. The highest BCUT2D eigenvalue weighted by molar-refractivity contribution is 7.53. The van der Waals surface area contributed by atoms with Gasteiger partial charge in [-0.3, -0.25) is 14.3 Å². The summed E-state index contributed by atoms with van der Waals surface area (Å²) in [5.41, 5.74) is 6.62. The number of hydrogen-bond acceptors (Lipinski definition) is 10. The van der Waals surface area contributed by atoms with E-state index >= 15 is 0 Å². The van der Waals surface area contributed by atoms with Crippen molar-refractivity contribution >= 4 is 42.3 Å². The predicted octanol–water partition coefficient (Wildman–Crippen LogP) is 2.19. The molecule has 2 heterocycles. The second-order valence-electron chi connectivity index (χ2n) is 6.23. The van der Waals surface area contributed by atoms with E-state index in [9.17, 15) is 9.36 Å². The highest BCUT2D eigenvalue weighted by Crippen LogP contribution is 2.47. The second-order valence-corrected chi connectivity index (χ2v) is 8.78. The number of nitrogens with two attached hydrogens (primary N) is 1. The van der Waals surface area contributed by atoms with E-state index in [1.54, 1.807) is 31.7 Å². The molecule has 30 heavy (non-hydrogen) atoms. The molecule has 2 aromatic heterocycles. The average Bonchev–Trinajstić information content (AvgIpc) is 3.08. The van der Waals surface area contributed by atoms with Gasteiger partial charge in [0.2, 0.25) is 5.95 Å². The van der Waals surface area contributed by atoms with Crippen LogP contribution in [0, 0.1) is 0 Å². The number of rotatable bonds is 13. The SMILES string of the molecule is CCOC(=O)CN(CCn1cnc2c(Cl)nc(N)nc21)CCP(=O)(OCC)OCC. The number of anilines is 1. The number of imidazole rings is 1. The lowest BCUT2D eigenvalue weighted by Gasteiger charge is -2.24. The van der Waals surface area contributed by atoms with Gasteiger partial charge in [-0.15, -0.1) is 0 Å². The third kappa shape index (κ3) is 6.88. The minimum absolute atomic E-state index is 0.0383. The number of hydrogen-bond donors (Lipinski definition) is 1. The van der Waals surface area contributed by atoms with Crippen molar-refractivity contribution in [3.8, 4) is 0 Å². The molecule has 0 fully saturated rings. The summed E-state index contributed by atoms with van der Waals surface area (Å²) in [7, 11) is -3.24. The Kier molecular flexibility index (Phi) is 9.44. The fourth-order valence-corrected chi connectivity index (χ4v) is 4.69. The van der Waals surface area contributed by atoms with Crippen molar-refractivity contribution in [3.63, 3.8) is 0 Å². The first-order valence-electron chi connectivity index (χ1n) is 9.71. The Hall–Kier alpha value is -1.78. The molecule has 2 aromatic rings. The maximum absolute atomic E-state index is 12.8. The van der Waals surface area contributed by atoms with E-state index in [0.717, 1.165) is 0 Å². The molecule has 0 atom stereocenters. The van der Waals surface area contributed by atoms with Crippen molar-refractivity contribution in [1.82, 2.24) is 24.4 Å². The van der Waals surface area contributed by atoms with Crippen LogP contribution in [-0.2, 0) is 29.7 Å². The van der Waals surface area contributed by atoms with Crippen molar-refractivity contribution in [1.29, 1.82) is 0 Å². The summed E-state index contributed by atoms with van der Waals surface area (Å²) >= 11 is 6.06. The number of nitrogen functional groups attached to an aromatic ring is 1. The molecule has 0 bridgehead atoms. The van der Waals surface area contributed by atoms with Gasteiger partial charge in [0.1, 0.15) is 5.52 Å². The number of nitrogens with zero attached hydrogens (tertiary/aromatic N) is 5. The Labute approximate surface area is 180 Å². The molecule has 0 saturated carbocycles. The predicted molar refractivity (Wildman–Crippen MR) is 114 cm³/mol. The minimum Gasteiger partial charge on any atom is -0.465 e. The molecule has 0 radical (unpaired) electrons. The summed E-state index contributed by atoms with van der Waals surface area (Å²) in [5.74, 6) is -0.322. The van der Waals surface area contributed by atoms with E-state index < -0.39 is 7.60 Å². The van der Waals surface area contributed by atoms with Crippen molar-refractivity contribution in [2.45, 2.75) is 27.3 Å². The van der Waals surface area contributed by atoms with Crippen LogP contribution in [0.25, 0.3) is 11.2 Å². The first kappa shape index (κ1) is 24.5. The Balaban J connectivity index is 2.11. The lowest BCUT2D eigenvalue weighted by atomic mass is 10.4. The summed E-state index contributed by atoms with van der Waals surface area (Å²) in [4.78, 5) is 26.1. The maximum atomic E-state index is 12.8. The lowest BCUT2D eigenvalue weighted by Crippen LogP contribution is -2.36. The van der Waals surface area contributed by atoms with E-state index in [4.69, 9.17) is 31.1 Å². The van der Waals surface area contributed by atoms with E-state index in [0.29, 0.717) is 30.8 Å². The Bertz CT molecular complexity index is 885. The normalized spacial score (nSPS) is 12.0. The highest BCUT2D eigenvalue weighted by Gasteiger charge is 2.25. The van der Waals surface area contributed by atoms with Crippen molar-refractivity contribution in [3.05, 3.63) is 11.5 Å². The van der Waals surface area contributed by atoms with Crippen LogP contribution in [0.15, 0.2) is 6.33 Å². The number of carbonyl (C=O) groups excluding carboxylic acids is 1. The number of ether oxygens (including phenoxy) is 1. The average molecular weight is 463 g/mol. The molecule has 13 heteroatoms. The zero-order chi connectivity index (χ0) is 22.1. The Morgan fingerprint density at radius 3 is 2.53 bits per heavy atom. The first-order valence-corrected chi connectivity index (χ1v) is 11.8. The van der Waals surface area contributed by atoms with Crippen LogP contribution < -0.4 is 5.73 Å². The number of carbonyl (C=O) groups is 1. The monoisotopic (exact) mass is 462 g/mol. The molecule has 0 aliphatic carbocycles. The van der Waals surface area contributed by atoms with Crippen molar-refractivity contribution < 1.29 is 23.1 Å². The van der Waals surface area contributed by atoms with Gasteiger partial charge in [-0.05, 0) is 20.8 Å². The molecule has 2 N–H and O–H groups in total. The van der Waals surface area contributed by atoms with Gasteiger partial charge in [0, 0.05) is 19.6 Å². The lowest BCUT2D eigenvalue weighted by molar-refractivity contribution is -0.144. The van der Waals surface area contributed by atoms with Gasteiger partial charge < -0.3 is 24.1 Å². The molecule has 0 aliphatic heterocycles. The van der Waals surface area contributed by atoms with Gasteiger partial charge >= 0.3 is 13.6 Å². The third-order valence-corrected chi connectivity index (χ3v) is 6.41. The third-order valence-electron chi connectivity index (χ3n) is 4.10. The summed E-state index contributed by atoms with van der Waals surface area (Å²) in [6, 6.07) is 0. The molecule has 2 rings (SSSR count). The van der Waals surface area contributed by atoms with Crippen LogP contribution in [0.5, 0.6) is 0 Å². The summed E-state index contributed by atoms with van der Waals surface area (Å²) < 4.78 is 30.3. The van der Waals surface area contributed by atoms with Gasteiger partial charge in [-0.1, -0.05) is 11.6 Å². The summed E-state index contributed by atoms with van der Waals surface area (Å²) in [6.45, 7) is 7.32. The number of halogens is 1. The van der Waals surface area contributed by atoms with Gasteiger partial charge in [0.15, 0.2) is 10.8 Å². The van der Waals surface area contributed by atoms with Crippen LogP contribution in [0.2, 0.25) is 5.15 Å². The zero-order valence-corrected chi connectivity index (χ0v) is 19.1. The Morgan fingerprint density at radius 2 is 1.90 bits per heavy atom. The van der Waals surface area contributed by atoms with E-state index in [1.165, 1.54) is 0 Å². The van der Waals surface area contributed by atoms with E-state index in [1.807, 2.05) is 4.90 Å². The Morgan fingerprint density at radius 1 is 1.20 bits per heavy atom. The minimum atomic E-state index is -3.24. The first-order chi connectivity index (χ1) is 14.3. The molecule has 0 aliphatic rings. The van der Waals surface area contributed by atoms with Crippen LogP contribution >= 0.6 is 19.2 Å². The maximum Gasteiger partial charge on any atom is 0.331 e. The van der Waals surface area contributed by atoms with Crippen molar-refractivity contribution in [2.24, 2.45) is 0 Å². The quantitative estimate of drug-likeness (QED) is 0.268. The molecule has 0 unspecified atom stereocenters. The van der Waals surface area contributed by atoms with Gasteiger partial charge in [0.05, 0.1) is 38.9 Å². The molecule has 11 nitrogen and oxygen atoms in total. The number of esters is 1. The fraction of sp³-hybridized carbons (Fsp3) is 0.647. The molecule has 0 amide bonds. The molecule has 0 saturated heterocycles. The zero-order valence-electron chi connectivity index (χ0n) is 17.4.